The first-order valence-electron chi connectivity index (χ1n) is 4.58. The summed E-state index contributed by atoms with van der Waals surface area (Å²) in [6, 6.07) is 7.53. The molecule has 84 valence electrons. The molecule has 1 aromatic heterocycles. The molecule has 0 spiro atoms. The SMILES string of the molecule is Cc1ccc(-c2nnsc2S(C)(=O)=O)cc1. The molecule has 16 heavy (non-hydrogen) atoms. The first-order valence-corrected chi connectivity index (χ1v) is 7.24. The highest BCUT2D eigenvalue weighted by molar-refractivity contribution is 7.92. The Hall–Kier alpha value is -1.27. The fraction of sp³-hybridized carbons (Fsp3) is 0.200. The maximum Gasteiger partial charge on any atom is 0.188 e. The zero-order chi connectivity index (χ0) is 11.8. The molecule has 0 fully saturated rings. The van der Waals surface area contributed by atoms with Crippen LogP contribution in [0.4, 0.5) is 0 Å². The fourth-order valence-corrected chi connectivity index (χ4v) is 2.91. The summed E-state index contributed by atoms with van der Waals surface area (Å²) in [5.41, 5.74) is 2.33. The molecule has 0 aliphatic rings. The topological polar surface area (TPSA) is 59.9 Å². The van der Waals surface area contributed by atoms with E-state index in [2.05, 4.69) is 9.59 Å². The van der Waals surface area contributed by atoms with Gasteiger partial charge < -0.3 is 0 Å². The molecule has 0 bridgehead atoms. The first-order chi connectivity index (χ1) is 7.48. The summed E-state index contributed by atoms with van der Waals surface area (Å²) in [5, 5.41) is 3.87. The summed E-state index contributed by atoms with van der Waals surface area (Å²) >= 11 is 0.906. The lowest BCUT2D eigenvalue weighted by molar-refractivity contribution is 0.604. The molecular weight excluding hydrogens is 244 g/mol. The van der Waals surface area contributed by atoms with E-state index in [-0.39, 0.29) is 4.21 Å². The Morgan fingerprint density at radius 1 is 1.19 bits per heavy atom. The molecule has 0 N–H and O–H groups in total. The molecule has 2 aromatic rings. The van der Waals surface area contributed by atoms with E-state index in [0.717, 1.165) is 22.7 Å². The van der Waals surface area contributed by atoms with Crippen LogP contribution in [0.1, 0.15) is 5.56 Å². The van der Waals surface area contributed by atoms with E-state index in [9.17, 15) is 8.42 Å². The molecule has 0 unspecified atom stereocenters. The molecule has 0 saturated carbocycles. The van der Waals surface area contributed by atoms with Crippen LogP contribution in [0.15, 0.2) is 28.5 Å². The smallest absolute Gasteiger partial charge is 0.188 e. The number of aromatic nitrogens is 2. The third-order valence-electron chi connectivity index (χ3n) is 2.12. The summed E-state index contributed by atoms with van der Waals surface area (Å²) in [5.74, 6) is 0. The minimum Gasteiger partial charge on any atom is -0.223 e. The van der Waals surface area contributed by atoms with Crippen LogP contribution < -0.4 is 0 Å². The monoisotopic (exact) mass is 254 g/mol. The zero-order valence-corrected chi connectivity index (χ0v) is 10.5. The second kappa shape index (κ2) is 3.95. The van der Waals surface area contributed by atoms with Crippen molar-refractivity contribution >= 4 is 21.4 Å². The molecule has 0 aliphatic carbocycles. The molecule has 4 nitrogen and oxygen atoms in total. The second-order valence-electron chi connectivity index (χ2n) is 3.55. The summed E-state index contributed by atoms with van der Waals surface area (Å²) in [4.78, 5) is 0. The maximum atomic E-state index is 11.5. The van der Waals surface area contributed by atoms with Crippen molar-refractivity contribution in [3.8, 4) is 11.3 Å². The number of aryl methyl sites for hydroxylation is 1. The predicted octanol–water partition coefficient (Wildman–Crippen LogP) is 1.92. The Morgan fingerprint density at radius 3 is 2.38 bits per heavy atom. The normalized spacial score (nSPS) is 11.6. The van der Waals surface area contributed by atoms with Crippen molar-refractivity contribution in [1.82, 2.24) is 9.59 Å². The standard InChI is InChI=1S/C10H10N2O2S2/c1-7-3-5-8(6-4-7)9-10(15-12-11-9)16(2,13)14/h3-6H,1-2H3. The highest BCUT2D eigenvalue weighted by Gasteiger charge is 2.19. The van der Waals surface area contributed by atoms with Gasteiger partial charge in [-0.1, -0.05) is 34.3 Å². The average molecular weight is 254 g/mol. The van der Waals surface area contributed by atoms with Crippen molar-refractivity contribution < 1.29 is 8.42 Å². The van der Waals surface area contributed by atoms with Crippen LogP contribution in [0.5, 0.6) is 0 Å². The van der Waals surface area contributed by atoms with Crippen LogP contribution in [0.25, 0.3) is 11.3 Å². The molecule has 0 radical (unpaired) electrons. The molecule has 1 aromatic carbocycles. The lowest BCUT2D eigenvalue weighted by Crippen LogP contribution is -1.96. The van der Waals surface area contributed by atoms with Gasteiger partial charge in [0.05, 0.1) is 0 Å². The third kappa shape index (κ3) is 2.12. The number of sulfone groups is 1. The van der Waals surface area contributed by atoms with Crippen molar-refractivity contribution in [2.75, 3.05) is 6.26 Å². The van der Waals surface area contributed by atoms with Crippen molar-refractivity contribution in [2.24, 2.45) is 0 Å². The van der Waals surface area contributed by atoms with E-state index in [1.54, 1.807) is 0 Å². The van der Waals surface area contributed by atoms with Gasteiger partial charge in [0.25, 0.3) is 0 Å². The van der Waals surface area contributed by atoms with Gasteiger partial charge in [-0.3, -0.25) is 0 Å². The lowest BCUT2D eigenvalue weighted by Gasteiger charge is -1.99. The maximum absolute atomic E-state index is 11.5. The Balaban J connectivity index is 2.58. The summed E-state index contributed by atoms with van der Waals surface area (Å²) in [6.07, 6.45) is 1.17. The molecule has 0 amide bonds. The molecular formula is C10H10N2O2S2. The summed E-state index contributed by atoms with van der Waals surface area (Å²) in [7, 11) is -3.25. The Morgan fingerprint density at radius 2 is 1.81 bits per heavy atom. The number of hydrogen-bond acceptors (Lipinski definition) is 5. The van der Waals surface area contributed by atoms with Crippen LogP contribution in [0.2, 0.25) is 0 Å². The van der Waals surface area contributed by atoms with Gasteiger partial charge in [-0.15, -0.1) is 5.10 Å². The number of rotatable bonds is 2. The second-order valence-corrected chi connectivity index (χ2v) is 6.51. The largest absolute Gasteiger partial charge is 0.223 e. The van der Waals surface area contributed by atoms with Crippen LogP contribution in [-0.2, 0) is 9.84 Å². The van der Waals surface area contributed by atoms with Gasteiger partial charge in [-0.2, -0.15) is 0 Å². The van der Waals surface area contributed by atoms with E-state index in [0.29, 0.717) is 5.69 Å². The molecule has 1 heterocycles. The van der Waals surface area contributed by atoms with E-state index in [1.165, 1.54) is 6.26 Å². The minimum atomic E-state index is -3.25. The highest BCUT2D eigenvalue weighted by atomic mass is 32.2. The summed E-state index contributed by atoms with van der Waals surface area (Å²) < 4.78 is 26.9. The fourth-order valence-electron chi connectivity index (χ4n) is 1.31. The Bertz CT molecular complexity index is 600. The predicted molar refractivity (Wildman–Crippen MR) is 63.2 cm³/mol. The quantitative estimate of drug-likeness (QED) is 0.821. The number of hydrogen-bond donors (Lipinski definition) is 0. The lowest BCUT2D eigenvalue weighted by atomic mass is 10.1. The molecule has 0 aliphatic heterocycles. The van der Waals surface area contributed by atoms with Gasteiger partial charge in [0, 0.05) is 23.4 Å². The molecule has 6 heteroatoms. The van der Waals surface area contributed by atoms with E-state index < -0.39 is 9.84 Å². The van der Waals surface area contributed by atoms with Gasteiger partial charge in [0.1, 0.15) is 5.69 Å². The molecule has 2 rings (SSSR count). The molecule has 0 saturated heterocycles. The zero-order valence-electron chi connectivity index (χ0n) is 8.84. The van der Waals surface area contributed by atoms with Gasteiger partial charge in [-0.25, -0.2) is 8.42 Å². The van der Waals surface area contributed by atoms with Crippen LogP contribution in [0.3, 0.4) is 0 Å². The summed E-state index contributed by atoms with van der Waals surface area (Å²) in [6.45, 7) is 1.97. The average Bonchev–Trinajstić information content (AvgIpc) is 2.66. The number of nitrogens with zero attached hydrogens (tertiary/aromatic N) is 2. The van der Waals surface area contributed by atoms with Crippen molar-refractivity contribution in [3.63, 3.8) is 0 Å². The Kier molecular flexibility index (Phi) is 2.77. The number of benzene rings is 1. The Labute approximate surface area is 98.0 Å². The van der Waals surface area contributed by atoms with Crippen LogP contribution >= 0.6 is 11.5 Å². The van der Waals surface area contributed by atoms with E-state index in [1.807, 2.05) is 31.2 Å². The van der Waals surface area contributed by atoms with Gasteiger partial charge in [0.15, 0.2) is 14.0 Å². The third-order valence-corrected chi connectivity index (χ3v) is 4.64. The van der Waals surface area contributed by atoms with Crippen molar-refractivity contribution in [2.45, 2.75) is 11.1 Å². The van der Waals surface area contributed by atoms with Crippen molar-refractivity contribution in [3.05, 3.63) is 29.8 Å². The first kappa shape index (κ1) is 11.2. The van der Waals surface area contributed by atoms with Crippen LogP contribution in [0, 0.1) is 6.92 Å². The van der Waals surface area contributed by atoms with Gasteiger partial charge in [-0.05, 0) is 6.92 Å². The van der Waals surface area contributed by atoms with Gasteiger partial charge >= 0.3 is 0 Å². The van der Waals surface area contributed by atoms with E-state index >= 15 is 0 Å². The minimum absolute atomic E-state index is 0.219. The highest BCUT2D eigenvalue weighted by Crippen LogP contribution is 2.27. The molecule has 0 atom stereocenters. The van der Waals surface area contributed by atoms with E-state index in [4.69, 9.17) is 0 Å². The van der Waals surface area contributed by atoms with Crippen LogP contribution in [-0.4, -0.2) is 24.3 Å². The van der Waals surface area contributed by atoms with Gasteiger partial charge in [0.2, 0.25) is 0 Å². The van der Waals surface area contributed by atoms with Crippen molar-refractivity contribution in [1.29, 1.82) is 0 Å².